The van der Waals surface area contributed by atoms with E-state index in [2.05, 4.69) is 55.7 Å². The molecule has 2 aromatic rings. The van der Waals surface area contributed by atoms with Gasteiger partial charge >= 0.3 is 0 Å². The Morgan fingerprint density at radius 1 is 1.06 bits per heavy atom. The summed E-state index contributed by atoms with van der Waals surface area (Å²) >= 11 is 0. The Hall–Kier alpha value is -2.60. The van der Waals surface area contributed by atoms with Gasteiger partial charge in [0.1, 0.15) is 17.4 Å². The minimum Gasteiger partial charge on any atom is -0.353 e. The average molecular weight is 471 g/mol. The molecule has 2 N–H and O–H groups in total. The maximum Gasteiger partial charge on any atom is 0.217 e. The van der Waals surface area contributed by atoms with Gasteiger partial charge in [-0.1, -0.05) is 45.0 Å². The minimum atomic E-state index is -0.626. The first-order valence-corrected chi connectivity index (χ1v) is 12.1. The van der Waals surface area contributed by atoms with Gasteiger partial charge in [0, 0.05) is 37.4 Å². The van der Waals surface area contributed by atoms with Crippen LogP contribution in [0.4, 0.5) is 8.78 Å². The average Bonchev–Trinajstić information content (AvgIpc) is 2.73. The molecule has 6 heteroatoms. The number of halogens is 2. The second-order valence-corrected chi connectivity index (χ2v) is 10.5. The number of benzene rings is 2. The topological polar surface area (TPSA) is 58.2 Å². The maximum atomic E-state index is 13.7. The van der Waals surface area contributed by atoms with Crippen LogP contribution in [0, 0.1) is 11.6 Å². The van der Waals surface area contributed by atoms with Gasteiger partial charge in [0.05, 0.1) is 0 Å². The van der Waals surface area contributed by atoms with Gasteiger partial charge in [0.2, 0.25) is 5.91 Å². The summed E-state index contributed by atoms with van der Waals surface area (Å²) in [7, 11) is 0. The van der Waals surface area contributed by atoms with Crippen LogP contribution in [0.1, 0.15) is 76.5 Å². The molecule has 184 valence electrons. The number of Topliss-reactive ketones (excluding diaryl/α,β-unsaturated/α-hetero) is 1. The molecule has 34 heavy (non-hydrogen) atoms. The Labute approximate surface area is 201 Å². The molecule has 0 spiro atoms. The largest absolute Gasteiger partial charge is 0.353 e. The number of ketones is 1. The molecule has 1 aliphatic rings. The smallest absolute Gasteiger partial charge is 0.217 e. The fourth-order valence-electron chi connectivity index (χ4n) is 4.82. The lowest BCUT2D eigenvalue weighted by molar-refractivity contribution is -0.122. The van der Waals surface area contributed by atoms with E-state index in [4.69, 9.17) is 0 Å². The number of amides is 1. The fourth-order valence-corrected chi connectivity index (χ4v) is 4.82. The molecule has 2 aromatic carbocycles. The number of hydrogen-bond donors (Lipinski definition) is 2. The van der Waals surface area contributed by atoms with E-state index in [0.717, 1.165) is 18.9 Å². The molecule has 0 aliphatic heterocycles. The Kier molecular flexibility index (Phi) is 8.24. The van der Waals surface area contributed by atoms with E-state index in [1.54, 1.807) is 0 Å². The standard InChI is InChI=1S/C28H36F2N2O2/c1-19(33)32-25(16-20-14-23(29)18-24(30)15-20)10-13-31-28(11-8-26(34)9-12-28)22-7-5-6-21(17-22)27(2,3)4/h5-7,14-15,17-18,25,31H,8-13,16H2,1-4H3,(H,32,33)/t25-/m1/s1. The molecule has 1 fully saturated rings. The van der Waals surface area contributed by atoms with Gasteiger partial charge in [-0.3, -0.25) is 9.59 Å². The van der Waals surface area contributed by atoms with Crippen LogP contribution >= 0.6 is 0 Å². The zero-order valence-electron chi connectivity index (χ0n) is 20.6. The molecule has 0 heterocycles. The summed E-state index contributed by atoms with van der Waals surface area (Å²) in [6.07, 6.45) is 3.43. The minimum absolute atomic E-state index is 0.0123. The molecule has 1 atom stereocenters. The normalized spacial score (nSPS) is 16.8. The van der Waals surface area contributed by atoms with Gasteiger partial charge in [-0.25, -0.2) is 8.78 Å². The van der Waals surface area contributed by atoms with Gasteiger partial charge in [-0.2, -0.15) is 0 Å². The van der Waals surface area contributed by atoms with Crippen molar-refractivity contribution in [2.24, 2.45) is 0 Å². The summed E-state index contributed by atoms with van der Waals surface area (Å²) in [6.45, 7) is 8.59. The van der Waals surface area contributed by atoms with E-state index in [0.29, 0.717) is 37.8 Å². The number of nitrogens with one attached hydrogen (secondary N) is 2. The molecule has 0 unspecified atom stereocenters. The van der Waals surface area contributed by atoms with Crippen molar-refractivity contribution in [2.45, 2.75) is 83.2 Å². The van der Waals surface area contributed by atoms with Crippen LogP contribution in [0.2, 0.25) is 0 Å². The molecular formula is C28H36F2N2O2. The zero-order valence-corrected chi connectivity index (χ0v) is 20.6. The van der Waals surface area contributed by atoms with Gasteiger partial charge < -0.3 is 10.6 Å². The van der Waals surface area contributed by atoms with E-state index in [1.165, 1.54) is 30.2 Å². The second-order valence-electron chi connectivity index (χ2n) is 10.5. The number of hydrogen-bond acceptors (Lipinski definition) is 3. The Morgan fingerprint density at radius 2 is 1.71 bits per heavy atom. The number of rotatable bonds is 8. The van der Waals surface area contributed by atoms with Crippen LogP contribution in [0.15, 0.2) is 42.5 Å². The monoisotopic (exact) mass is 470 g/mol. The molecule has 1 aliphatic carbocycles. The van der Waals surface area contributed by atoms with E-state index in [1.807, 2.05) is 0 Å². The Bertz CT molecular complexity index is 999. The van der Waals surface area contributed by atoms with Crippen LogP contribution in [0.3, 0.4) is 0 Å². The van der Waals surface area contributed by atoms with Crippen molar-refractivity contribution in [1.29, 1.82) is 0 Å². The van der Waals surface area contributed by atoms with Crippen LogP contribution in [0.5, 0.6) is 0 Å². The van der Waals surface area contributed by atoms with E-state index >= 15 is 0 Å². The third-order valence-corrected chi connectivity index (χ3v) is 6.71. The van der Waals surface area contributed by atoms with Crippen LogP contribution in [-0.4, -0.2) is 24.3 Å². The first kappa shape index (κ1) is 26.0. The first-order chi connectivity index (χ1) is 16.0. The molecule has 0 saturated heterocycles. The summed E-state index contributed by atoms with van der Waals surface area (Å²) in [4.78, 5) is 23.8. The summed E-state index contributed by atoms with van der Waals surface area (Å²) in [5, 5.41) is 6.63. The van der Waals surface area contributed by atoms with Crippen LogP contribution < -0.4 is 10.6 Å². The summed E-state index contributed by atoms with van der Waals surface area (Å²) in [5.41, 5.74) is 2.62. The quantitative estimate of drug-likeness (QED) is 0.548. The SMILES string of the molecule is CC(=O)N[C@H](CCNC1(c2cccc(C(C)(C)C)c2)CCC(=O)CC1)Cc1cc(F)cc(F)c1. The van der Waals surface area contributed by atoms with Crippen molar-refractivity contribution in [3.8, 4) is 0 Å². The Balaban J connectivity index is 1.77. The first-order valence-electron chi connectivity index (χ1n) is 12.1. The second kappa shape index (κ2) is 10.8. The third kappa shape index (κ3) is 6.95. The zero-order chi connectivity index (χ0) is 24.9. The molecule has 1 saturated carbocycles. The molecular weight excluding hydrogens is 434 g/mol. The number of carbonyl (C=O) groups excluding carboxylic acids is 2. The highest BCUT2D eigenvalue weighted by Crippen LogP contribution is 2.37. The van der Waals surface area contributed by atoms with Crippen LogP contribution in [-0.2, 0) is 27.0 Å². The molecule has 4 nitrogen and oxygen atoms in total. The Morgan fingerprint density at radius 3 is 2.29 bits per heavy atom. The van der Waals surface area contributed by atoms with E-state index in [9.17, 15) is 18.4 Å². The van der Waals surface area contributed by atoms with E-state index < -0.39 is 11.6 Å². The predicted molar refractivity (Wildman–Crippen MR) is 131 cm³/mol. The van der Waals surface area contributed by atoms with Gasteiger partial charge in [-0.05, 0) is 66.5 Å². The molecule has 3 rings (SSSR count). The third-order valence-electron chi connectivity index (χ3n) is 6.71. The van der Waals surface area contributed by atoms with Crippen molar-refractivity contribution >= 4 is 11.7 Å². The van der Waals surface area contributed by atoms with Gasteiger partial charge in [0.25, 0.3) is 0 Å². The van der Waals surface area contributed by atoms with Gasteiger partial charge in [-0.15, -0.1) is 0 Å². The highest BCUT2D eigenvalue weighted by molar-refractivity contribution is 5.79. The van der Waals surface area contributed by atoms with Crippen molar-refractivity contribution in [3.05, 3.63) is 70.8 Å². The van der Waals surface area contributed by atoms with Gasteiger partial charge in [0.15, 0.2) is 0 Å². The maximum absolute atomic E-state index is 13.7. The summed E-state index contributed by atoms with van der Waals surface area (Å²) in [5.74, 6) is -1.15. The molecule has 1 amide bonds. The summed E-state index contributed by atoms with van der Waals surface area (Å²) in [6, 6.07) is 11.8. The highest BCUT2D eigenvalue weighted by Gasteiger charge is 2.36. The summed E-state index contributed by atoms with van der Waals surface area (Å²) < 4.78 is 27.3. The molecule has 0 bridgehead atoms. The van der Waals surface area contributed by atoms with Crippen molar-refractivity contribution in [1.82, 2.24) is 10.6 Å². The predicted octanol–water partition coefficient (Wildman–Crippen LogP) is 5.33. The lowest BCUT2D eigenvalue weighted by Crippen LogP contribution is -2.47. The van der Waals surface area contributed by atoms with Crippen molar-refractivity contribution in [2.75, 3.05) is 6.54 Å². The highest BCUT2D eigenvalue weighted by atomic mass is 19.1. The molecule has 0 radical (unpaired) electrons. The lowest BCUT2D eigenvalue weighted by atomic mass is 9.74. The van der Waals surface area contributed by atoms with Crippen molar-refractivity contribution < 1.29 is 18.4 Å². The van der Waals surface area contributed by atoms with Crippen LogP contribution in [0.25, 0.3) is 0 Å². The number of carbonyl (C=O) groups is 2. The van der Waals surface area contributed by atoms with Crippen molar-refractivity contribution in [3.63, 3.8) is 0 Å². The van der Waals surface area contributed by atoms with E-state index in [-0.39, 0.29) is 28.7 Å². The molecule has 0 aromatic heterocycles. The fraction of sp³-hybridized carbons (Fsp3) is 0.500. The lowest BCUT2D eigenvalue weighted by Gasteiger charge is -2.39.